The van der Waals surface area contributed by atoms with E-state index in [0.717, 1.165) is 19.3 Å². The van der Waals surface area contributed by atoms with Crippen molar-refractivity contribution in [1.29, 1.82) is 5.26 Å². The fourth-order valence-electron chi connectivity index (χ4n) is 3.94. The Morgan fingerprint density at radius 2 is 1.68 bits per heavy atom. The van der Waals surface area contributed by atoms with Gasteiger partial charge >= 0.3 is 0 Å². The standard InChI is InChI=1S/C21H21N3O3S/c22-15-19-4-1-2-7-20(19)28(26,27)24-12-10-23(11-13-24)21(25)18-9-8-16-5-3-6-17(16)14-18/h1-2,4,7-9,14H,3,5-6,10-13H2. The number of sulfonamides is 1. The lowest BCUT2D eigenvalue weighted by atomic mass is 10.1. The number of fused-ring (bicyclic) bond motifs is 1. The smallest absolute Gasteiger partial charge is 0.253 e. The molecule has 7 heteroatoms. The number of piperazine rings is 1. The van der Waals surface area contributed by atoms with Crippen LogP contribution >= 0.6 is 0 Å². The first kappa shape index (κ1) is 18.7. The number of benzene rings is 2. The van der Waals surface area contributed by atoms with Crippen molar-refractivity contribution in [2.75, 3.05) is 26.2 Å². The molecule has 0 radical (unpaired) electrons. The van der Waals surface area contributed by atoms with Gasteiger partial charge in [0.15, 0.2) is 0 Å². The molecule has 0 saturated carbocycles. The van der Waals surface area contributed by atoms with Gasteiger partial charge in [0.2, 0.25) is 10.0 Å². The first-order valence-electron chi connectivity index (χ1n) is 9.41. The molecule has 2 aromatic carbocycles. The number of carbonyl (C=O) groups is 1. The van der Waals surface area contributed by atoms with E-state index in [4.69, 9.17) is 0 Å². The van der Waals surface area contributed by atoms with Crippen LogP contribution in [0.15, 0.2) is 47.4 Å². The molecular formula is C21H21N3O3S. The molecule has 0 bridgehead atoms. The van der Waals surface area contributed by atoms with Crippen LogP contribution in [0.4, 0.5) is 0 Å². The molecule has 4 rings (SSSR count). The second-order valence-electron chi connectivity index (χ2n) is 7.14. The van der Waals surface area contributed by atoms with Crippen molar-refractivity contribution in [2.24, 2.45) is 0 Å². The van der Waals surface area contributed by atoms with Gasteiger partial charge in [-0.1, -0.05) is 18.2 Å². The minimum Gasteiger partial charge on any atom is -0.336 e. The molecule has 1 amide bonds. The van der Waals surface area contributed by atoms with Crippen molar-refractivity contribution in [1.82, 2.24) is 9.21 Å². The Labute approximate surface area is 165 Å². The third-order valence-corrected chi connectivity index (χ3v) is 7.45. The minimum absolute atomic E-state index is 0.0240. The topological polar surface area (TPSA) is 81.5 Å². The predicted molar refractivity (Wildman–Crippen MR) is 104 cm³/mol. The Kier molecular flexibility index (Phi) is 4.92. The number of aryl methyl sites for hydroxylation is 2. The van der Waals surface area contributed by atoms with Gasteiger partial charge in [0.1, 0.15) is 6.07 Å². The van der Waals surface area contributed by atoms with Crippen molar-refractivity contribution in [3.8, 4) is 6.07 Å². The summed E-state index contributed by atoms with van der Waals surface area (Å²) in [5.41, 5.74) is 3.38. The Hall–Kier alpha value is -2.69. The summed E-state index contributed by atoms with van der Waals surface area (Å²) in [6.07, 6.45) is 3.22. The molecular weight excluding hydrogens is 374 g/mol. The van der Waals surface area contributed by atoms with E-state index in [1.165, 1.54) is 27.6 Å². The fraction of sp³-hybridized carbons (Fsp3) is 0.333. The molecule has 1 fully saturated rings. The summed E-state index contributed by atoms with van der Waals surface area (Å²) in [5.74, 6) is -0.0517. The Morgan fingerprint density at radius 3 is 2.43 bits per heavy atom. The van der Waals surface area contributed by atoms with Crippen LogP contribution in [-0.2, 0) is 22.9 Å². The van der Waals surface area contributed by atoms with E-state index in [2.05, 4.69) is 0 Å². The van der Waals surface area contributed by atoms with Crippen LogP contribution < -0.4 is 0 Å². The summed E-state index contributed by atoms with van der Waals surface area (Å²) in [5, 5.41) is 9.20. The molecule has 1 aliphatic carbocycles. The van der Waals surface area contributed by atoms with Gasteiger partial charge < -0.3 is 4.90 Å². The maximum atomic E-state index is 12.9. The summed E-state index contributed by atoms with van der Waals surface area (Å²) in [7, 11) is -3.75. The van der Waals surface area contributed by atoms with E-state index in [9.17, 15) is 18.5 Å². The number of rotatable bonds is 3. The van der Waals surface area contributed by atoms with Crippen LogP contribution in [0, 0.1) is 11.3 Å². The van der Waals surface area contributed by atoms with E-state index in [0.29, 0.717) is 18.7 Å². The highest BCUT2D eigenvalue weighted by Gasteiger charge is 2.32. The minimum atomic E-state index is -3.75. The third-order valence-electron chi connectivity index (χ3n) is 5.50. The summed E-state index contributed by atoms with van der Waals surface area (Å²) >= 11 is 0. The molecule has 2 aliphatic rings. The van der Waals surface area contributed by atoms with E-state index < -0.39 is 10.0 Å². The summed E-state index contributed by atoms with van der Waals surface area (Å²) in [4.78, 5) is 14.6. The Bertz CT molecular complexity index is 1060. The zero-order valence-electron chi connectivity index (χ0n) is 15.5. The van der Waals surface area contributed by atoms with Crippen LogP contribution in [0.3, 0.4) is 0 Å². The number of nitriles is 1. The van der Waals surface area contributed by atoms with Gasteiger partial charge in [-0.15, -0.1) is 0 Å². The zero-order chi connectivity index (χ0) is 19.7. The number of nitrogens with zero attached hydrogens (tertiary/aromatic N) is 3. The average Bonchev–Trinajstić information content (AvgIpc) is 3.21. The second kappa shape index (κ2) is 7.38. The normalized spacial score (nSPS) is 17.2. The molecule has 0 atom stereocenters. The first-order chi connectivity index (χ1) is 13.5. The molecule has 2 aromatic rings. The Morgan fingerprint density at radius 1 is 0.964 bits per heavy atom. The van der Waals surface area contributed by atoms with E-state index in [1.807, 2.05) is 24.3 Å². The molecule has 0 N–H and O–H groups in total. The monoisotopic (exact) mass is 395 g/mol. The molecule has 0 aromatic heterocycles. The molecule has 1 saturated heterocycles. The van der Waals surface area contributed by atoms with Gasteiger partial charge in [0.05, 0.1) is 10.5 Å². The summed E-state index contributed by atoms with van der Waals surface area (Å²) < 4.78 is 27.2. The zero-order valence-corrected chi connectivity index (χ0v) is 16.3. The van der Waals surface area contributed by atoms with Gasteiger partial charge in [-0.05, 0) is 54.7 Å². The van der Waals surface area contributed by atoms with Crippen molar-refractivity contribution >= 4 is 15.9 Å². The number of hydrogen-bond acceptors (Lipinski definition) is 4. The molecule has 0 unspecified atom stereocenters. The fourth-order valence-corrected chi connectivity index (χ4v) is 5.51. The molecule has 6 nitrogen and oxygen atoms in total. The Balaban J connectivity index is 1.47. The SMILES string of the molecule is N#Cc1ccccc1S(=O)(=O)N1CCN(C(=O)c2ccc3c(c2)CCC3)CC1. The van der Waals surface area contributed by atoms with Gasteiger partial charge in [-0.3, -0.25) is 4.79 Å². The predicted octanol–water partition coefficient (Wildman–Crippen LogP) is 2.19. The molecule has 28 heavy (non-hydrogen) atoms. The largest absolute Gasteiger partial charge is 0.336 e. The number of carbonyl (C=O) groups excluding carboxylic acids is 1. The maximum absolute atomic E-state index is 12.9. The van der Waals surface area contributed by atoms with Crippen molar-refractivity contribution < 1.29 is 13.2 Å². The lowest BCUT2D eigenvalue weighted by Gasteiger charge is -2.34. The highest BCUT2D eigenvalue weighted by molar-refractivity contribution is 7.89. The first-order valence-corrected chi connectivity index (χ1v) is 10.8. The van der Waals surface area contributed by atoms with Crippen molar-refractivity contribution in [2.45, 2.75) is 24.2 Å². The highest BCUT2D eigenvalue weighted by Crippen LogP contribution is 2.25. The van der Waals surface area contributed by atoms with Crippen LogP contribution in [0.1, 0.15) is 33.5 Å². The summed E-state index contributed by atoms with van der Waals surface area (Å²) in [6.45, 7) is 1.12. The lowest BCUT2D eigenvalue weighted by Crippen LogP contribution is -2.50. The number of amides is 1. The third kappa shape index (κ3) is 3.30. The molecule has 144 valence electrons. The lowest BCUT2D eigenvalue weighted by molar-refractivity contribution is 0.0698. The van der Waals surface area contributed by atoms with Crippen molar-refractivity contribution in [3.05, 3.63) is 64.7 Å². The quantitative estimate of drug-likeness (QED) is 0.798. The van der Waals surface area contributed by atoms with Gasteiger partial charge in [-0.2, -0.15) is 9.57 Å². The maximum Gasteiger partial charge on any atom is 0.253 e. The van der Waals surface area contributed by atoms with Gasteiger partial charge in [0, 0.05) is 31.7 Å². The highest BCUT2D eigenvalue weighted by atomic mass is 32.2. The second-order valence-corrected chi connectivity index (χ2v) is 9.05. The average molecular weight is 395 g/mol. The molecule has 0 spiro atoms. The number of hydrogen-bond donors (Lipinski definition) is 0. The molecule has 1 aliphatic heterocycles. The van der Waals surface area contributed by atoms with E-state index >= 15 is 0 Å². The van der Waals surface area contributed by atoms with Gasteiger partial charge in [-0.25, -0.2) is 8.42 Å². The molecule has 1 heterocycles. The van der Waals surface area contributed by atoms with Crippen LogP contribution in [0.25, 0.3) is 0 Å². The summed E-state index contributed by atoms with van der Waals surface area (Å²) in [6, 6.07) is 14.0. The van der Waals surface area contributed by atoms with Crippen molar-refractivity contribution in [3.63, 3.8) is 0 Å². The van der Waals surface area contributed by atoms with E-state index in [1.54, 1.807) is 17.0 Å². The van der Waals surface area contributed by atoms with Crippen LogP contribution in [-0.4, -0.2) is 49.7 Å². The van der Waals surface area contributed by atoms with Crippen LogP contribution in [0.5, 0.6) is 0 Å². The van der Waals surface area contributed by atoms with Crippen LogP contribution in [0.2, 0.25) is 0 Å². The van der Waals surface area contributed by atoms with Gasteiger partial charge in [0.25, 0.3) is 5.91 Å². The van der Waals surface area contributed by atoms with E-state index in [-0.39, 0.29) is 29.5 Å².